The Morgan fingerprint density at radius 3 is 3.00 bits per heavy atom. The molecule has 4 N–H and O–H groups in total. The number of thioether (sulfide) groups is 1. The highest BCUT2D eigenvalue weighted by molar-refractivity contribution is 7.98. The predicted octanol–water partition coefficient (Wildman–Crippen LogP) is -0.0619. The Morgan fingerprint density at radius 2 is 2.39 bits per heavy atom. The summed E-state index contributed by atoms with van der Waals surface area (Å²) in [4.78, 5) is 3.87. The van der Waals surface area contributed by atoms with Crippen molar-refractivity contribution in [2.24, 2.45) is 4.99 Å². The van der Waals surface area contributed by atoms with E-state index in [4.69, 9.17) is 11.0 Å². The molecular formula is C10H15N7S. The van der Waals surface area contributed by atoms with E-state index in [2.05, 4.69) is 25.8 Å². The molecule has 1 aromatic rings. The second-order valence-corrected chi connectivity index (χ2v) is 4.34. The van der Waals surface area contributed by atoms with Crippen molar-refractivity contribution in [1.82, 2.24) is 20.8 Å². The number of aromatic nitrogens is 2. The number of nitrogens with one attached hydrogen (secondary N) is 2. The van der Waals surface area contributed by atoms with Crippen molar-refractivity contribution >= 4 is 23.5 Å². The third-order valence-corrected chi connectivity index (χ3v) is 2.92. The van der Waals surface area contributed by atoms with Gasteiger partial charge in [0.2, 0.25) is 5.96 Å². The van der Waals surface area contributed by atoms with Crippen LogP contribution in [-0.4, -0.2) is 35.5 Å². The van der Waals surface area contributed by atoms with Crippen molar-refractivity contribution in [2.45, 2.75) is 5.75 Å². The van der Waals surface area contributed by atoms with Crippen molar-refractivity contribution in [2.75, 3.05) is 25.1 Å². The van der Waals surface area contributed by atoms with Crippen molar-refractivity contribution < 1.29 is 0 Å². The van der Waals surface area contributed by atoms with Gasteiger partial charge in [0.1, 0.15) is 5.82 Å². The number of nitriles is 1. The molecule has 1 heterocycles. The predicted molar refractivity (Wildman–Crippen MR) is 72.7 cm³/mol. The van der Waals surface area contributed by atoms with E-state index >= 15 is 0 Å². The molecule has 7 nitrogen and oxygen atoms in total. The summed E-state index contributed by atoms with van der Waals surface area (Å²) >= 11 is 1.71. The van der Waals surface area contributed by atoms with Gasteiger partial charge >= 0.3 is 0 Å². The van der Waals surface area contributed by atoms with Crippen LogP contribution < -0.4 is 16.4 Å². The van der Waals surface area contributed by atoms with Gasteiger partial charge in [-0.2, -0.15) is 22.1 Å². The van der Waals surface area contributed by atoms with Gasteiger partial charge in [0, 0.05) is 25.1 Å². The van der Waals surface area contributed by atoms with Crippen LogP contribution in [0.1, 0.15) is 5.69 Å². The van der Waals surface area contributed by atoms with Crippen LogP contribution in [0.15, 0.2) is 17.1 Å². The topological polar surface area (TPSA) is 112 Å². The number of anilines is 1. The molecule has 1 rings (SSSR count). The third kappa shape index (κ3) is 5.36. The summed E-state index contributed by atoms with van der Waals surface area (Å²) in [5, 5.41) is 21.6. The van der Waals surface area contributed by atoms with Crippen molar-refractivity contribution in [1.29, 1.82) is 5.26 Å². The molecule has 0 spiro atoms. The molecule has 0 aliphatic rings. The summed E-state index contributed by atoms with van der Waals surface area (Å²) in [6.45, 7) is 0.717. The lowest BCUT2D eigenvalue weighted by molar-refractivity contribution is 0.928. The second kappa shape index (κ2) is 8.14. The van der Waals surface area contributed by atoms with E-state index in [9.17, 15) is 0 Å². The summed E-state index contributed by atoms with van der Waals surface area (Å²) in [7, 11) is 1.61. The van der Waals surface area contributed by atoms with Gasteiger partial charge in [-0.05, 0) is 12.1 Å². The number of hydrogen-bond acceptors (Lipinski definition) is 6. The lowest BCUT2D eigenvalue weighted by Crippen LogP contribution is -2.35. The minimum Gasteiger partial charge on any atom is -0.382 e. The number of aliphatic imine (C=N–C) groups is 1. The Morgan fingerprint density at radius 1 is 1.56 bits per heavy atom. The van der Waals surface area contributed by atoms with Crippen LogP contribution >= 0.6 is 11.8 Å². The molecule has 0 atom stereocenters. The Kier molecular flexibility index (Phi) is 6.35. The van der Waals surface area contributed by atoms with E-state index in [1.54, 1.807) is 24.9 Å². The van der Waals surface area contributed by atoms with Crippen LogP contribution in [0.3, 0.4) is 0 Å². The molecule has 1 aromatic heterocycles. The van der Waals surface area contributed by atoms with E-state index < -0.39 is 0 Å². The van der Waals surface area contributed by atoms with Gasteiger partial charge in [-0.15, -0.1) is 5.10 Å². The molecule has 0 unspecified atom stereocenters. The van der Waals surface area contributed by atoms with E-state index in [1.807, 2.05) is 12.3 Å². The van der Waals surface area contributed by atoms with Crippen molar-refractivity contribution in [3.8, 4) is 6.19 Å². The zero-order valence-corrected chi connectivity index (χ0v) is 10.9. The lowest BCUT2D eigenvalue weighted by Gasteiger charge is -2.06. The van der Waals surface area contributed by atoms with Crippen LogP contribution in [-0.2, 0) is 5.75 Å². The Hall–Kier alpha value is -2.01. The Bertz CT molecular complexity index is 423. The number of guanidine groups is 1. The van der Waals surface area contributed by atoms with Crippen molar-refractivity contribution in [3.05, 3.63) is 17.8 Å². The number of nitrogen functional groups attached to an aromatic ring is 1. The maximum atomic E-state index is 8.43. The molecule has 0 bridgehead atoms. The van der Waals surface area contributed by atoms with Crippen LogP contribution in [0.5, 0.6) is 0 Å². The fourth-order valence-electron chi connectivity index (χ4n) is 1.10. The molecule has 0 fully saturated rings. The summed E-state index contributed by atoms with van der Waals surface area (Å²) in [6.07, 6.45) is 1.81. The van der Waals surface area contributed by atoms with Crippen LogP contribution in [0, 0.1) is 11.5 Å². The maximum absolute atomic E-state index is 8.43. The van der Waals surface area contributed by atoms with Crippen molar-refractivity contribution in [3.63, 3.8) is 0 Å². The number of nitrogens with two attached hydrogens (primary N) is 1. The largest absolute Gasteiger partial charge is 0.382 e. The smallest absolute Gasteiger partial charge is 0.204 e. The lowest BCUT2D eigenvalue weighted by atomic mass is 10.4. The molecule has 0 amide bonds. The summed E-state index contributed by atoms with van der Waals surface area (Å²) in [5.41, 5.74) is 6.34. The first kappa shape index (κ1) is 14.1. The van der Waals surface area contributed by atoms with Crippen LogP contribution in [0.25, 0.3) is 0 Å². The van der Waals surface area contributed by atoms with Gasteiger partial charge in [0.05, 0.1) is 5.69 Å². The summed E-state index contributed by atoms with van der Waals surface area (Å²) in [6, 6.07) is 3.60. The highest BCUT2D eigenvalue weighted by Crippen LogP contribution is 2.08. The Balaban J connectivity index is 2.16. The molecule has 18 heavy (non-hydrogen) atoms. The zero-order valence-electron chi connectivity index (χ0n) is 10.1. The van der Waals surface area contributed by atoms with Gasteiger partial charge in [-0.3, -0.25) is 10.3 Å². The third-order valence-electron chi connectivity index (χ3n) is 1.93. The minimum absolute atomic E-state index is 0.428. The SMILES string of the molecule is CN=C(NC#N)NCCSCc1ccc(N)nn1. The van der Waals surface area contributed by atoms with E-state index in [-0.39, 0.29) is 0 Å². The number of rotatable bonds is 5. The van der Waals surface area contributed by atoms with Gasteiger partial charge in [-0.25, -0.2) is 0 Å². The van der Waals surface area contributed by atoms with Gasteiger partial charge in [0.15, 0.2) is 6.19 Å². The normalized spacial score (nSPS) is 10.8. The van der Waals surface area contributed by atoms with Gasteiger partial charge in [-0.1, -0.05) is 0 Å². The molecule has 96 valence electrons. The van der Waals surface area contributed by atoms with E-state index in [0.717, 1.165) is 17.2 Å². The highest BCUT2D eigenvalue weighted by atomic mass is 32.2. The quantitative estimate of drug-likeness (QED) is 0.225. The fraction of sp³-hybridized carbons (Fsp3) is 0.400. The molecule has 0 radical (unpaired) electrons. The monoisotopic (exact) mass is 265 g/mol. The van der Waals surface area contributed by atoms with Crippen LogP contribution in [0.4, 0.5) is 5.82 Å². The van der Waals surface area contributed by atoms with Gasteiger partial charge < -0.3 is 11.1 Å². The Labute approximate surface area is 110 Å². The molecule has 0 aliphatic carbocycles. The zero-order chi connectivity index (χ0) is 13.2. The first-order valence-corrected chi connectivity index (χ1v) is 6.43. The molecule has 0 aliphatic heterocycles. The fourth-order valence-corrected chi connectivity index (χ4v) is 1.85. The minimum atomic E-state index is 0.428. The van der Waals surface area contributed by atoms with E-state index in [0.29, 0.717) is 18.3 Å². The molecule has 0 aromatic carbocycles. The molecule has 8 heteroatoms. The van der Waals surface area contributed by atoms with E-state index in [1.165, 1.54) is 0 Å². The molecule has 0 saturated heterocycles. The summed E-state index contributed by atoms with van der Waals surface area (Å²) < 4.78 is 0. The average molecular weight is 265 g/mol. The average Bonchev–Trinajstić information content (AvgIpc) is 2.39. The second-order valence-electron chi connectivity index (χ2n) is 3.24. The maximum Gasteiger partial charge on any atom is 0.204 e. The number of hydrogen-bond donors (Lipinski definition) is 3. The first-order chi connectivity index (χ1) is 8.76. The summed E-state index contributed by atoms with van der Waals surface area (Å²) in [5.74, 6) is 2.56. The first-order valence-electron chi connectivity index (χ1n) is 5.28. The molecule has 0 saturated carbocycles. The van der Waals surface area contributed by atoms with Gasteiger partial charge in [0.25, 0.3) is 0 Å². The number of nitrogens with zero attached hydrogens (tertiary/aromatic N) is 4. The standard InChI is InChI=1S/C10H15N7S/c1-13-10(15-7-11)14-4-5-18-6-8-2-3-9(12)17-16-8/h2-3H,4-6H2,1H3,(H2,12,17)(H2,13,14,15). The molecular weight excluding hydrogens is 250 g/mol. The van der Waals surface area contributed by atoms with Crippen LogP contribution in [0.2, 0.25) is 0 Å². The highest BCUT2D eigenvalue weighted by Gasteiger charge is 1.98.